The van der Waals surface area contributed by atoms with Gasteiger partial charge in [0.15, 0.2) is 0 Å². The van der Waals surface area contributed by atoms with Gasteiger partial charge in [-0.2, -0.15) is 0 Å². The molecule has 5 heteroatoms. The number of nitrogens with zero attached hydrogens (tertiary/aromatic N) is 1. The Morgan fingerprint density at radius 2 is 1.85 bits per heavy atom. The molecule has 0 spiro atoms. The first-order valence-corrected chi connectivity index (χ1v) is 4.68. The first-order valence-electron chi connectivity index (χ1n) is 4.68. The van der Waals surface area contributed by atoms with E-state index in [-0.39, 0.29) is 11.7 Å². The van der Waals surface area contributed by atoms with Crippen LogP contribution in [0.25, 0.3) is 0 Å². The number of rotatable bonds is 1. The summed E-state index contributed by atoms with van der Waals surface area (Å²) >= 11 is 0. The maximum Gasteiger partial charge on any atom is 0.344 e. The molecule has 0 amide bonds. The summed E-state index contributed by atoms with van der Waals surface area (Å²) in [5.74, 6) is 0. The van der Waals surface area contributed by atoms with Crippen molar-refractivity contribution in [2.75, 3.05) is 0 Å². The van der Waals surface area contributed by atoms with Crippen LogP contribution in [0.1, 0.15) is 38.1 Å². The van der Waals surface area contributed by atoms with Crippen LogP contribution in [0, 0.1) is 0 Å². The summed E-state index contributed by atoms with van der Waals surface area (Å²) in [7, 11) is 0. The van der Waals surface area contributed by atoms with Crippen molar-refractivity contribution in [3.05, 3.63) is 21.0 Å². The Bertz CT molecular complexity index is 381. The van der Waals surface area contributed by atoms with Crippen LogP contribution in [-0.2, 0) is 0 Å². The van der Waals surface area contributed by atoms with E-state index in [1.807, 2.05) is 0 Å². The quantitative estimate of drug-likeness (QED) is 0.660. The zero-order valence-electron chi connectivity index (χ0n) is 7.38. The predicted molar refractivity (Wildman–Crippen MR) is 47.8 cm³/mol. The molecular weight excluding hydrogens is 170 g/mol. The third-order valence-electron chi connectivity index (χ3n) is 2.60. The van der Waals surface area contributed by atoms with Crippen LogP contribution in [0.4, 0.5) is 0 Å². The number of H-pyrrole nitrogens is 2. The van der Waals surface area contributed by atoms with E-state index < -0.39 is 5.69 Å². The molecule has 0 aromatic carbocycles. The second kappa shape index (κ2) is 3.24. The lowest BCUT2D eigenvalue weighted by Gasteiger charge is -2.20. The Hall–Kier alpha value is -1.26. The number of hydrogen-bond acceptors (Lipinski definition) is 2. The van der Waals surface area contributed by atoms with Gasteiger partial charge >= 0.3 is 11.4 Å². The van der Waals surface area contributed by atoms with Crippen LogP contribution in [0.5, 0.6) is 0 Å². The van der Waals surface area contributed by atoms with Crippen molar-refractivity contribution in [1.29, 1.82) is 0 Å². The summed E-state index contributed by atoms with van der Waals surface area (Å²) in [4.78, 5) is 24.2. The Morgan fingerprint density at radius 3 is 2.38 bits per heavy atom. The van der Waals surface area contributed by atoms with Gasteiger partial charge in [-0.1, -0.05) is 19.3 Å². The van der Waals surface area contributed by atoms with Gasteiger partial charge in [0.2, 0.25) is 0 Å². The third-order valence-corrected chi connectivity index (χ3v) is 2.60. The first-order chi connectivity index (χ1) is 6.27. The largest absolute Gasteiger partial charge is 0.344 e. The van der Waals surface area contributed by atoms with E-state index >= 15 is 0 Å². The molecule has 2 rings (SSSR count). The van der Waals surface area contributed by atoms with Crippen LogP contribution < -0.4 is 11.4 Å². The molecule has 1 saturated carbocycles. The van der Waals surface area contributed by atoms with Crippen molar-refractivity contribution in [3.63, 3.8) is 0 Å². The van der Waals surface area contributed by atoms with Gasteiger partial charge < -0.3 is 0 Å². The van der Waals surface area contributed by atoms with Crippen LogP contribution >= 0.6 is 0 Å². The third kappa shape index (κ3) is 1.59. The molecule has 0 bridgehead atoms. The molecule has 13 heavy (non-hydrogen) atoms. The molecule has 1 fully saturated rings. The average Bonchev–Trinajstić information content (AvgIpc) is 2.47. The molecule has 1 aromatic heterocycles. The molecule has 1 aliphatic rings. The average molecular weight is 183 g/mol. The maximum atomic E-state index is 11.2. The zero-order valence-corrected chi connectivity index (χ0v) is 7.38. The number of aromatic nitrogens is 3. The van der Waals surface area contributed by atoms with E-state index in [0.717, 1.165) is 25.7 Å². The zero-order chi connectivity index (χ0) is 9.26. The summed E-state index contributed by atoms with van der Waals surface area (Å²) in [6, 6.07) is 0.195. The van der Waals surface area contributed by atoms with Crippen molar-refractivity contribution in [2.45, 2.75) is 38.1 Å². The van der Waals surface area contributed by atoms with Gasteiger partial charge in [0.25, 0.3) is 0 Å². The van der Waals surface area contributed by atoms with E-state index in [0.29, 0.717) is 0 Å². The normalized spacial score (nSPS) is 19.1. The minimum atomic E-state index is -0.407. The van der Waals surface area contributed by atoms with E-state index in [2.05, 4.69) is 10.1 Å². The van der Waals surface area contributed by atoms with Gasteiger partial charge in [-0.25, -0.2) is 19.4 Å². The van der Waals surface area contributed by atoms with Crippen molar-refractivity contribution in [2.24, 2.45) is 0 Å². The van der Waals surface area contributed by atoms with Crippen molar-refractivity contribution >= 4 is 0 Å². The van der Waals surface area contributed by atoms with Crippen molar-refractivity contribution in [3.8, 4) is 0 Å². The maximum absolute atomic E-state index is 11.2. The molecule has 2 N–H and O–H groups in total. The molecule has 5 nitrogen and oxygen atoms in total. The minimum Gasteiger partial charge on any atom is -0.257 e. The van der Waals surface area contributed by atoms with Gasteiger partial charge in [0.05, 0.1) is 6.04 Å². The minimum absolute atomic E-state index is 0.195. The highest BCUT2D eigenvalue weighted by atomic mass is 16.2. The Balaban J connectivity index is 2.28. The summed E-state index contributed by atoms with van der Waals surface area (Å²) in [5.41, 5.74) is -0.715. The highest BCUT2D eigenvalue weighted by Crippen LogP contribution is 2.25. The van der Waals surface area contributed by atoms with Crippen LogP contribution in [0.3, 0.4) is 0 Å². The molecule has 1 aliphatic carbocycles. The summed E-state index contributed by atoms with van der Waals surface area (Å²) in [6.07, 6.45) is 5.51. The molecule has 72 valence electrons. The molecule has 1 heterocycles. The fraction of sp³-hybridized carbons (Fsp3) is 0.750. The second-order valence-corrected chi connectivity index (χ2v) is 3.53. The van der Waals surface area contributed by atoms with Crippen LogP contribution in [-0.4, -0.2) is 14.8 Å². The lowest BCUT2D eigenvalue weighted by atomic mass is 9.96. The van der Waals surface area contributed by atoms with Gasteiger partial charge in [-0.05, 0) is 12.8 Å². The van der Waals surface area contributed by atoms with Crippen LogP contribution in [0.2, 0.25) is 0 Å². The Morgan fingerprint density at radius 1 is 1.15 bits per heavy atom. The van der Waals surface area contributed by atoms with E-state index in [1.165, 1.54) is 11.1 Å². The molecule has 0 atom stereocenters. The Labute approximate surface area is 74.8 Å². The molecule has 0 unspecified atom stereocenters. The van der Waals surface area contributed by atoms with Crippen molar-refractivity contribution < 1.29 is 0 Å². The smallest absolute Gasteiger partial charge is 0.257 e. The highest BCUT2D eigenvalue weighted by molar-refractivity contribution is 4.74. The lowest BCUT2D eigenvalue weighted by Crippen LogP contribution is -2.25. The van der Waals surface area contributed by atoms with Gasteiger partial charge in [-0.3, -0.25) is 4.98 Å². The molecule has 0 saturated heterocycles. The van der Waals surface area contributed by atoms with Crippen molar-refractivity contribution in [1.82, 2.24) is 14.8 Å². The number of hydrogen-bond donors (Lipinski definition) is 2. The monoisotopic (exact) mass is 183 g/mol. The fourth-order valence-electron chi connectivity index (χ4n) is 1.94. The van der Waals surface area contributed by atoms with Crippen LogP contribution in [0.15, 0.2) is 9.59 Å². The SMILES string of the molecule is O=c1[nH]c(=O)n(C2CCCCC2)[nH]1. The van der Waals surface area contributed by atoms with E-state index in [1.54, 1.807) is 0 Å². The standard InChI is InChI=1S/C8H13N3O2/c12-7-9-8(13)11(10-7)6-4-2-1-3-5-6/h6H,1-5H2,(H2,9,10,12,13). The second-order valence-electron chi connectivity index (χ2n) is 3.53. The lowest BCUT2D eigenvalue weighted by molar-refractivity contribution is 0.321. The number of aromatic amines is 2. The van der Waals surface area contributed by atoms with Gasteiger partial charge in [0, 0.05) is 0 Å². The van der Waals surface area contributed by atoms with E-state index in [4.69, 9.17) is 0 Å². The molecule has 0 radical (unpaired) electrons. The van der Waals surface area contributed by atoms with E-state index in [9.17, 15) is 9.59 Å². The summed E-state index contributed by atoms with van der Waals surface area (Å²) in [6.45, 7) is 0. The number of nitrogens with one attached hydrogen (secondary N) is 2. The van der Waals surface area contributed by atoms with Gasteiger partial charge in [0.1, 0.15) is 0 Å². The molecule has 1 aromatic rings. The fourth-order valence-corrected chi connectivity index (χ4v) is 1.94. The Kier molecular flexibility index (Phi) is 2.08. The summed E-state index contributed by atoms with van der Waals surface area (Å²) < 4.78 is 1.43. The molecular formula is C8H13N3O2. The van der Waals surface area contributed by atoms with Gasteiger partial charge in [-0.15, -0.1) is 0 Å². The summed E-state index contributed by atoms with van der Waals surface area (Å²) in [5, 5.41) is 2.51. The first kappa shape index (κ1) is 8.34. The molecule has 0 aliphatic heterocycles. The topological polar surface area (TPSA) is 70.7 Å². The predicted octanol–water partition coefficient (Wildman–Crippen LogP) is 0.370. The highest BCUT2D eigenvalue weighted by Gasteiger charge is 2.17.